The van der Waals surface area contributed by atoms with Crippen molar-refractivity contribution in [2.45, 2.75) is 51.4 Å². The van der Waals surface area contributed by atoms with Gasteiger partial charge in [-0.3, -0.25) is 14.0 Å². The van der Waals surface area contributed by atoms with Gasteiger partial charge in [-0.25, -0.2) is 9.78 Å². The molecule has 0 saturated carbocycles. The van der Waals surface area contributed by atoms with Gasteiger partial charge in [-0.15, -0.1) is 0 Å². The number of aliphatic hydroxyl groups is 1. The zero-order valence-corrected chi connectivity index (χ0v) is 20.6. The summed E-state index contributed by atoms with van der Waals surface area (Å²) in [5.74, 6) is 0.389. The molecule has 1 aromatic carbocycles. The Balaban J connectivity index is 1.48. The van der Waals surface area contributed by atoms with E-state index >= 15 is 0 Å². The fourth-order valence-corrected chi connectivity index (χ4v) is 4.58. The Labute approximate surface area is 218 Å². The summed E-state index contributed by atoms with van der Waals surface area (Å²) in [5, 5.41) is 23.5. The summed E-state index contributed by atoms with van der Waals surface area (Å²) in [6.07, 6.45) is -4.25. The first kappa shape index (κ1) is 26.2. The Kier molecular flexibility index (Phi) is 6.76. The lowest BCUT2D eigenvalue weighted by Gasteiger charge is -2.26. The molecule has 0 bridgehead atoms. The lowest BCUT2D eigenvalue weighted by molar-refractivity contribution is -0.137. The van der Waals surface area contributed by atoms with Gasteiger partial charge in [0, 0.05) is 19.2 Å². The number of imidazole rings is 1. The summed E-state index contributed by atoms with van der Waals surface area (Å²) < 4.78 is 46.9. The van der Waals surface area contributed by atoms with Crippen molar-refractivity contribution in [3.8, 4) is 11.4 Å². The number of anilines is 1. The minimum Gasteiger partial charge on any atom is -0.450 e. The predicted octanol–water partition coefficient (Wildman–Crippen LogP) is 3.05. The zero-order valence-electron chi connectivity index (χ0n) is 20.6. The second-order valence-corrected chi connectivity index (χ2v) is 9.16. The molecule has 0 spiro atoms. The molecule has 4 heterocycles. The molecule has 0 aliphatic carbocycles. The van der Waals surface area contributed by atoms with Gasteiger partial charge in [0.1, 0.15) is 5.82 Å². The molecule has 206 valence electrons. The first-order valence-electron chi connectivity index (χ1n) is 12.1. The third kappa shape index (κ3) is 5.30. The van der Waals surface area contributed by atoms with Crippen LogP contribution in [0.25, 0.3) is 22.6 Å². The lowest BCUT2D eigenvalue weighted by Crippen LogP contribution is -2.39. The minimum atomic E-state index is -4.46. The normalized spacial score (nSPS) is 17.7. The van der Waals surface area contributed by atoms with E-state index in [4.69, 9.17) is 9.84 Å². The third-order valence-corrected chi connectivity index (χ3v) is 6.27. The second-order valence-electron chi connectivity index (χ2n) is 9.16. The van der Waals surface area contributed by atoms with E-state index in [-0.39, 0.29) is 49.0 Å². The Morgan fingerprint density at radius 3 is 2.79 bits per heavy atom. The number of halogens is 3. The van der Waals surface area contributed by atoms with E-state index in [0.29, 0.717) is 17.5 Å². The van der Waals surface area contributed by atoms with Crippen LogP contribution in [0.2, 0.25) is 0 Å². The molecule has 0 amide bonds. The van der Waals surface area contributed by atoms with Gasteiger partial charge in [-0.05, 0) is 24.1 Å². The Bertz CT molecular complexity index is 1580. The molecule has 0 unspecified atom stereocenters. The van der Waals surface area contributed by atoms with Crippen LogP contribution in [0, 0.1) is 0 Å². The number of rotatable bonds is 7. The maximum absolute atomic E-state index is 13.4. The number of aromatic amines is 1. The number of benzene rings is 1. The molecule has 3 aromatic heterocycles. The maximum atomic E-state index is 13.4. The SMILES string of the molecule is CCCn1c(N2C[C@H](O)C[C@H]2OC(=O)O)nc2nc(-c3cnn(Cc4cccc(C(F)(F)F)c4)c3)[nH]c2c1=O. The fourth-order valence-electron chi connectivity index (χ4n) is 4.58. The van der Waals surface area contributed by atoms with Gasteiger partial charge in [0.2, 0.25) is 5.95 Å². The first-order chi connectivity index (χ1) is 18.5. The van der Waals surface area contributed by atoms with Gasteiger partial charge in [-0.2, -0.15) is 23.3 Å². The number of hydrogen-bond acceptors (Lipinski definition) is 8. The van der Waals surface area contributed by atoms with Crippen LogP contribution in [-0.4, -0.2) is 64.5 Å². The summed E-state index contributed by atoms with van der Waals surface area (Å²) in [7, 11) is 0. The second kappa shape index (κ2) is 10.1. The van der Waals surface area contributed by atoms with Gasteiger partial charge in [0.15, 0.2) is 17.4 Å². The minimum absolute atomic E-state index is 0.0131. The van der Waals surface area contributed by atoms with Gasteiger partial charge in [0.05, 0.1) is 36.5 Å². The highest BCUT2D eigenvalue weighted by molar-refractivity contribution is 5.76. The Morgan fingerprint density at radius 2 is 2.08 bits per heavy atom. The number of aromatic nitrogens is 6. The van der Waals surface area contributed by atoms with E-state index in [1.807, 2.05) is 6.92 Å². The van der Waals surface area contributed by atoms with E-state index in [0.717, 1.165) is 12.1 Å². The molecular formula is C24H24F3N7O5. The number of hydrogen-bond donors (Lipinski definition) is 3. The number of carbonyl (C=O) groups is 1. The fraction of sp³-hybridized carbons (Fsp3) is 0.375. The molecule has 1 aliphatic heterocycles. The zero-order chi connectivity index (χ0) is 27.9. The quantitative estimate of drug-likeness (QED) is 0.297. The summed E-state index contributed by atoms with van der Waals surface area (Å²) in [5.41, 5.74) is -0.129. The summed E-state index contributed by atoms with van der Waals surface area (Å²) in [6, 6.07) is 4.95. The number of ether oxygens (including phenoxy) is 1. The lowest BCUT2D eigenvalue weighted by atomic mass is 10.1. The molecule has 1 fully saturated rings. The van der Waals surface area contributed by atoms with Crippen LogP contribution >= 0.6 is 0 Å². The predicted molar refractivity (Wildman–Crippen MR) is 131 cm³/mol. The Morgan fingerprint density at radius 1 is 1.28 bits per heavy atom. The van der Waals surface area contributed by atoms with Crippen molar-refractivity contribution < 1.29 is 32.9 Å². The topological polar surface area (TPSA) is 151 Å². The molecule has 15 heteroatoms. The van der Waals surface area contributed by atoms with E-state index < -0.39 is 35.8 Å². The van der Waals surface area contributed by atoms with Crippen LogP contribution in [0.3, 0.4) is 0 Å². The average Bonchev–Trinajstić information content (AvgIpc) is 3.59. The molecule has 12 nitrogen and oxygen atoms in total. The van der Waals surface area contributed by atoms with Gasteiger partial charge in [-0.1, -0.05) is 19.1 Å². The standard InChI is InChI=1S/C24H24F3N7O5/c1-2-6-33-21(36)18-20(31-22(33)34-12-16(35)8-17(34)39-23(37)38)30-19(29-18)14-9-28-32(11-14)10-13-4-3-5-15(7-13)24(25,26)27/h3-5,7,9,11,16-17,35H,2,6,8,10,12H2,1H3,(H,29,30)(H,37,38)/t16-,17-/m1/s1. The number of H-pyrrole nitrogens is 1. The van der Waals surface area contributed by atoms with Crippen molar-refractivity contribution >= 4 is 23.3 Å². The number of β-amino-alcohol motifs (C(OH)–C–C–N with tert-alkyl or cyclic N) is 1. The number of nitrogens with one attached hydrogen (secondary N) is 1. The summed E-state index contributed by atoms with van der Waals surface area (Å²) >= 11 is 0. The average molecular weight is 547 g/mol. The molecule has 3 N–H and O–H groups in total. The molecule has 1 aliphatic rings. The Hall–Kier alpha value is -4.40. The largest absolute Gasteiger partial charge is 0.507 e. The summed E-state index contributed by atoms with van der Waals surface area (Å²) in [6.45, 7) is 2.23. The van der Waals surface area contributed by atoms with Crippen molar-refractivity contribution in [2.24, 2.45) is 0 Å². The van der Waals surface area contributed by atoms with Gasteiger partial charge >= 0.3 is 12.3 Å². The summed E-state index contributed by atoms with van der Waals surface area (Å²) in [4.78, 5) is 37.9. The van der Waals surface area contributed by atoms with Crippen molar-refractivity contribution in [2.75, 3.05) is 11.4 Å². The number of aliphatic hydroxyl groups excluding tert-OH is 1. The van der Waals surface area contributed by atoms with E-state index in [1.54, 1.807) is 12.3 Å². The van der Waals surface area contributed by atoms with Crippen LogP contribution in [0.15, 0.2) is 41.5 Å². The highest BCUT2D eigenvalue weighted by Crippen LogP contribution is 2.30. The molecule has 5 rings (SSSR count). The van der Waals surface area contributed by atoms with E-state index in [2.05, 4.69) is 20.1 Å². The van der Waals surface area contributed by atoms with E-state index in [1.165, 1.54) is 26.4 Å². The van der Waals surface area contributed by atoms with Crippen molar-refractivity contribution in [1.82, 2.24) is 29.3 Å². The highest BCUT2D eigenvalue weighted by Gasteiger charge is 2.37. The van der Waals surface area contributed by atoms with Gasteiger partial charge in [0.25, 0.3) is 5.56 Å². The molecule has 2 atom stereocenters. The van der Waals surface area contributed by atoms with Crippen LogP contribution in [0.5, 0.6) is 0 Å². The number of nitrogens with zero attached hydrogens (tertiary/aromatic N) is 6. The monoisotopic (exact) mass is 547 g/mol. The molecule has 1 saturated heterocycles. The van der Waals surface area contributed by atoms with Crippen LogP contribution in [0.1, 0.15) is 30.9 Å². The van der Waals surface area contributed by atoms with Crippen LogP contribution in [0.4, 0.5) is 23.9 Å². The van der Waals surface area contributed by atoms with E-state index in [9.17, 15) is 27.9 Å². The molecule has 0 radical (unpaired) electrons. The molecule has 39 heavy (non-hydrogen) atoms. The van der Waals surface area contributed by atoms with Crippen LogP contribution < -0.4 is 10.5 Å². The van der Waals surface area contributed by atoms with Gasteiger partial charge < -0.3 is 24.8 Å². The number of carboxylic acid groups (broad SMARTS) is 1. The van der Waals surface area contributed by atoms with Crippen LogP contribution in [-0.2, 0) is 24.0 Å². The number of alkyl halides is 3. The maximum Gasteiger partial charge on any atom is 0.507 e. The highest BCUT2D eigenvalue weighted by atomic mass is 19.4. The first-order valence-corrected chi connectivity index (χ1v) is 12.1. The third-order valence-electron chi connectivity index (χ3n) is 6.27. The molecular weight excluding hydrogens is 523 g/mol. The van der Waals surface area contributed by atoms with Crippen molar-refractivity contribution in [3.05, 3.63) is 58.1 Å². The van der Waals surface area contributed by atoms with Crippen molar-refractivity contribution in [1.29, 1.82) is 0 Å². The smallest absolute Gasteiger partial charge is 0.450 e. The van der Waals surface area contributed by atoms with Crippen molar-refractivity contribution in [3.63, 3.8) is 0 Å². The molecule has 4 aromatic rings. The number of fused-ring (bicyclic) bond motifs is 1.